The molecule has 0 aliphatic rings. The highest BCUT2D eigenvalue weighted by Gasteiger charge is 2.33. The summed E-state index contributed by atoms with van der Waals surface area (Å²) in [5.74, 6) is -7.11. The largest absolute Gasteiger partial charge is 0.481 e. The van der Waals surface area contributed by atoms with E-state index in [0.717, 1.165) is 12.1 Å². The molecule has 0 aliphatic carbocycles. The van der Waals surface area contributed by atoms with E-state index in [0.29, 0.717) is 6.07 Å². The van der Waals surface area contributed by atoms with Crippen LogP contribution in [0.2, 0.25) is 0 Å². The van der Waals surface area contributed by atoms with Gasteiger partial charge < -0.3 is 5.11 Å². The Morgan fingerprint density at radius 2 is 1.94 bits per heavy atom. The van der Waals surface area contributed by atoms with Crippen LogP contribution in [0.5, 0.6) is 0 Å². The maximum absolute atomic E-state index is 13.0. The first-order chi connectivity index (χ1) is 7.30. The second kappa shape index (κ2) is 4.51. The molecule has 2 nitrogen and oxygen atoms in total. The lowest BCUT2D eigenvalue weighted by Gasteiger charge is -2.14. The van der Waals surface area contributed by atoms with Crippen molar-refractivity contribution in [2.75, 3.05) is 0 Å². The lowest BCUT2D eigenvalue weighted by atomic mass is 10.0. The number of halogens is 4. The van der Waals surface area contributed by atoms with E-state index >= 15 is 0 Å². The zero-order valence-corrected chi connectivity index (χ0v) is 8.01. The van der Waals surface area contributed by atoms with Gasteiger partial charge in [0.1, 0.15) is 18.1 Å². The summed E-state index contributed by atoms with van der Waals surface area (Å²) in [5, 5.41) is 8.20. The molecule has 0 saturated carbocycles. The quantitative estimate of drug-likeness (QED) is 0.816. The van der Waals surface area contributed by atoms with E-state index in [4.69, 9.17) is 5.11 Å². The molecule has 1 aromatic carbocycles. The molecule has 1 aromatic rings. The van der Waals surface area contributed by atoms with E-state index < -0.39 is 41.9 Å². The SMILES string of the molecule is O=C(O)CC(F)(F)Cc1cc(F)ccc1F. The normalized spacial score (nSPS) is 11.5. The van der Waals surface area contributed by atoms with Crippen LogP contribution in [0, 0.1) is 11.6 Å². The number of carboxylic acid groups (broad SMARTS) is 1. The fourth-order valence-electron chi connectivity index (χ4n) is 1.24. The minimum absolute atomic E-state index is 0.536. The highest BCUT2D eigenvalue weighted by molar-refractivity contribution is 5.67. The van der Waals surface area contributed by atoms with Crippen LogP contribution < -0.4 is 0 Å². The van der Waals surface area contributed by atoms with Gasteiger partial charge in [-0.3, -0.25) is 4.79 Å². The molecule has 0 spiro atoms. The van der Waals surface area contributed by atoms with E-state index in [-0.39, 0.29) is 0 Å². The number of hydrogen-bond donors (Lipinski definition) is 1. The number of hydrogen-bond acceptors (Lipinski definition) is 1. The standard InChI is InChI=1S/C10H8F4O2/c11-7-1-2-8(12)6(3-7)4-10(13,14)5-9(15)16/h1-3H,4-5H2,(H,15,16). The Hall–Kier alpha value is -1.59. The van der Waals surface area contributed by atoms with Crippen molar-refractivity contribution in [3.05, 3.63) is 35.4 Å². The van der Waals surface area contributed by atoms with Crippen LogP contribution in [-0.2, 0) is 11.2 Å². The number of carboxylic acids is 1. The predicted octanol–water partition coefficient (Wildman–Crippen LogP) is 2.62. The van der Waals surface area contributed by atoms with E-state index in [1.54, 1.807) is 0 Å². The summed E-state index contributed by atoms with van der Waals surface area (Å²) in [5.41, 5.74) is -0.536. The van der Waals surface area contributed by atoms with Gasteiger partial charge in [0.25, 0.3) is 5.92 Å². The summed E-state index contributed by atoms with van der Waals surface area (Å²) in [6.07, 6.45) is -2.55. The third-order valence-corrected chi connectivity index (χ3v) is 1.87. The molecule has 88 valence electrons. The maximum Gasteiger partial charge on any atom is 0.309 e. The van der Waals surface area contributed by atoms with Gasteiger partial charge in [0, 0.05) is 6.42 Å². The fraction of sp³-hybridized carbons (Fsp3) is 0.300. The Labute approximate surface area is 88.5 Å². The Morgan fingerprint density at radius 3 is 2.50 bits per heavy atom. The minimum atomic E-state index is -3.60. The third kappa shape index (κ3) is 3.52. The Morgan fingerprint density at radius 1 is 1.31 bits per heavy atom. The lowest BCUT2D eigenvalue weighted by molar-refractivity contribution is -0.144. The van der Waals surface area contributed by atoms with Crippen LogP contribution in [0.1, 0.15) is 12.0 Å². The van der Waals surface area contributed by atoms with Gasteiger partial charge in [-0.25, -0.2) is 17.6 Å². The van der Waals surface area contributed by atoms with Crippen molar-refractivity contribution in [2.45, 2.75) is 18.8 Å². The first kappa shape index (κ1) is 12.5. The molecule has 0 fully saturated rings. The average molecular weight is 236 g/mol. The number of alkyl halides is 2. The summed E-state index contributed by atoms with van der Waals surface area (Å²) in [6, 6.07) is 2.15. The smallest absolute Gasteiger partial charge is 0.309 e. The van der Waals surface area contributed by atoms with Crippen molar-refractivity contribution in [1.29, 1.82) is 0 Å². The fourth-order valence-corrected chi connectivity index (χ4v) is 1.24. The van der Waals surface area contributed by atoms with Crippen molar-refractivity contribution in [1.82, 2.24) is 0 Å². The van der Waals surface area contributed by atoms with Crippen molar-refractivity contribution in [2.24, 2.45) is 0 Å². The zero-order valence-electron chi connectivity index (χ0n) is 8.01. The minimum Gasteiger partial charge on any atom is -0.481 e. The van der Waals surface area contributed by atoms with E-state index in [1.165, 1.54) is 0 Å². The van der Waals surface area contributed by atoms with Crippen molar-refractivity contribution in [3.63, 3.8) is 0 Å². The number of aliphatic carboxylic acids is 1. The van der Waals surface area contributed by atoms with Gasteiger partial charge in [-0.15, -0.1) is 0 Å². The van der Waals surface area contributed by atoms with Crippen LogP contribution in [0.15, 0.2) is 18.2 Å². The summed E-state index contributed by atoms with van der Waals surface area (Å²) in [7, 11) is 0. The van der Waals surface area contributed by atoms with Gasteiger partial charge in [-0.05, 0) is 23.8 Å². The number of carbonyl (C=O) groups is 1. The van der Waals surface area contributed by atoms with Crippen LogP contribution in [0.4, 0.5) is 17.6 Å². The van der Waals surface area contributed by atoms with Gasteiger partial charge >= 0.3 is 5.97 Å². The van der Waals surface area contributed by atoms with Crippen LogP contribution in [0.3, 0.4) is 0 Å². The molecule has 0 aromatic heterocycles. The highest BCUT2D eigenvalue weighted by atomic mass is 19.3. The second-order valence-corrected chi connectivity index (χ2v) is 3.34. The Bertz CT molecular complexity index is 404. The molecule has 0 unspecified atom stereocenters. The molecular weight excluding hydrogens is 228 g/mol. The molecule has 0 bridgehead atoms. The molecule has 1 N–H and O–H groups in total. The molecule has 0 atom stereocenters. The predicted molar refractivity (Wildman–Crippen MR) is 47.3 cm³/mol. The van der Waals surface area contributed by atoms with Crippen molar-refractivity contribution in [3.8, 4) is 0 Å². The monoisotopic (exact) mass is 236 g/mol. The topological polar surface area (TPSA) is 37.3 Å². The van der Waals surface area contributed by atoms with Gasteiger partial charge in [0.2, 0.25) is 0 Å². The molecule has 0 amide bonds. The number of benzene rings is 1. The van der Waals surface area contributed by atoms with Gasteiger partial charge in [0.15, 0.2) is 0 Å². The van der Waals surface area contributed by atoms with E-state index in [2.05, 4.69) is 0 Å². The first-order valence-electron chi connectivity index (χ1n) is 4.34. The van der Waals surface area contributed by atoms with E-state index in [1.807, 2.05) is 0 Å². The zero-order chi connectivity index (χ0) is 12.3. The highest BCUT2D eigenvalue weighted by Crippen LogP contribution is 2.25. The summed E-state index contributed by atoms with van der Waals surface area (Å²) in [4.78, 5) is 10.1. The van der Waals surface area contributed by atoms with Crippen LogP contribution in [-0.4, -0.2) is 17.0 Å². The summed E-state index contributed by atoms with van der Waals surface area (Å²) >= 11 is 0. The van der Waals surface area contributed by atoms with Crippen LogP contribution >= 0.6 is 0 Å². The average Bonchev–Trinajstić information content (AvgIpc) is 2.08. The Balaban J connectivity index is 2.86. The molecule has 0 aliphatic heterocycles. The molecular formula is C10H8F4O2. The third-order valence-electron chi connectivity index (χ3n) is 1.87. The first-order valence-corrected chi connectivity index (χ1v) is 4.34. The van der Waals surface area contributed by atoms with Crippen molar-refractivity contribution < 1.29 is 27.5 Å². The molecule has 0 saturated heterocycles. The molecule has 16 heavy (non-hydrogen) atoms. The second-order valence-electron chi connectivity index (χ2n) is 3.34. The summed E-state index contributed by atoms with van der Waals surface area (Å²) < 4.78 is 51.7. The molecule has 6 heteroatoms. The maximum atomic E-state index is 13.0. The number of rotatable bonds is 4. The van der Waals surface area contributed by atoms with Gasteiger partial charge in [-0.2, -0.15) is 0 Å². The van der Waals surface area contributed by atoms with Gasteiger partial charge in [0.05, 0.1) is 0 Å². The van der Waals surface area contributed by atoms with Crippen LogP contribution in [0.25, 0.3) is 0 Å². The molecule has 0 radical (unpaired) electrons. The molecule has 0 heterocycles. The molecule has 1 rings (SSSR count). The van der Waals surface area contributed by atoms with Crippen molar-refractivity contribution >= 4 is 5.97 Å². The van der Waals surface area contributed by atoms with Gasteiger partial charge in [-0.1, -0.05) is 0 Å². The summed E-state index contributed by atoms with van der Waals surface area (Å²) in [6.45, 7) is 0. The Kier molecular flexibility index (Phi) is 3.51. The lowest BCUT2D eigenvalue weighted by Crippen LogP contribution is -2.24. The van der Waals surface area contributed by atoms with E-state index in [9.17, 15) is 22.4 Å².